The van der Waals surface area contributed by atoms with E-state index in [4.69, 9.17) is 28.9 Å². The maximum absolute atomic E-state index is 12.1. The van der Waals surface area contributed by atoms with E-state index >= 15 is 0 Å². The van der Waals surface area contributed by atoms with Crippen LogP contribution in [0.15, 0.2) is 36.4 Å². The number of nitrogens with one attached hydrogen (secondary N) is 1. The van der Waals surface area contributed by atoms with Gasteiger partial charge >= 0.3 is 0 Å². The van der Waals surface area contributed by atoms with Crippen LogP contribution in [-0.4, -0.2) is 5.91 Å². The number of rotatable bonds is 3. The fourth-order valence-corrected chi connectivity index (χ4v) is 2.23. The molecule has 5 heteroatoms. The second kappa shape index (κ2) is 6.16. The molecule has 0 heterocycles. The van der Waals surface area contributed by atoms with Crippen LogP contribution in [0.25, 0.3) is 0 Å². The topological polar surface area (TPSA) is 55.1 Å². The molecule has 3 N–H and O–H groups in total. The number of nitrogens with two attached hydrogens (primary N) is 1. The summed E-state index contributed by atoms with van der Waals surface area (Å²) in [5, 5.41) is 3.32. The van der Waals surface area contributed by atoms with E-state index in [2.05, 4.69) is 12.2 Å². The Hall–Kier alpha value is -1.71. The molecule has 0 bridgehead atoms. The first-order valence-corrected chi connectivity index (χ1v) is 6.91. The third kappa shape index (κ3) is 3.24. The second-order valence-corrected chi connectivity index (χ2v) is 5.17. The average molecular weight is 309 g/mol. The van der Waals surface area contributed by atoms with Gasteiger partial charge < -0.3 is 11.1 Å². The highest BCUT2D eigenvalue weighted by atomic mass is 35.5. The normalized spacial score (nSPS) is 10.3. The van der Waals surface area contributed by atoms with Crippen molar-refractivity contribution in [1.29, 1.82) is 0 Å². The monoisotopic (exact) mass is 308 g/mol. The smallest absolute Gasteiger partial charge is 0.255 e. The summed E-state index contributed by atoms with van der Waals surface area (Å²) >= 11 is 11.8. The Kier molecular flexibility index (Phi) is 4.53. The number of halogens is 2. The molecule has 3 nitrogen and oxygen atoms in total. The van der Waals surface area contributed by atoms with Gasteiger partial charge in [-0.3, -0.25) is 4.79 Å². The van der Waals surface area contributed by atoms with Crippen molar-refractivity contribution in [1.82, 2.24) is 0 Å². The zero-order valence-corrected chi connectivity index (χ0v) is 12.4. The van der Waals surface area contributed by atoms with Gasteiger partial charge in [-0.15, -0.1) is 0 Å². The summed E-state index contributed by atoms with van der Waals surface area (Å²) in [5.41, 5.74) is 8.21. The third-order valence-corrected chi connectivity index (χ3v) is 3.59. The second-order valence-electron chi connectivity index (χ2n) is 4.36. The Morgan fingerprint density at radius 3 is 2.20 bits per heavy atom. The Labute approximate surface area is 127 Å². The van der Waals surface area contributed by atoms with Crippen molar-refractivity contribution in [3.05, 3.63) is 57.6 Å². The van der Waals surface area contributed by atoms with Gasteiger partial charge in [-0.1, -0.05) is 42.3 Å². The highest BCUT2D eigenvalue weighted by molar-refractivity contribution is 6.39. The van der Waals surface area contributed by atoms with Crippen LogP contribution in [0.4, 0.5) is 11.4 Å². The molecule has 0 aromatic heterocycles. The third-order valence-electron chi connectivity index (χ3n) is 2.96. The van der Waals surface area contributed by atoms with Crippen molar-refractivity contribution < 1.29 is 4.79 Å². The fourth-order valence-electron chi connectivity index (χ4n) is 1.74. The first-order chi connectivity index (χ1) is 9.51. The minimum atomic E-state index is -0.280. The number of carbonyl (C=O) groups is 1. The van der Waals surface area contributed by atoms with Crippen LogP contribution in [0.1, 0.15) is 22.8 Å². The van der Waals surface area contributed by atoms with Crippen molar-refractivity contribution in [3.63, 3.8) is 0 Å². The largest absolute Gasteiger partial charge is 0.396 e. The Morgan fingerprint density at radius 1 is 1.15 bits per heavy atom. The molecule has 0 fully saturated rings. The van der Waals surface area contributed by atoms with E-state index in [0.717, 1.165) is 12.1 Å². The molecule has 0 atom stereocenters. The molecule has 104 valence electrons. The van der Waals surface area contributed by atoms with E-state index in [9.17, 15) is 4.79 Å². The molecule has 0 aliphatic rings. The lowest BCUT2D eigenvalue weighted by Gasteiger charge is -2.08. The van der Waals surface area contributed by atoms with Crippen LogP contribution in [-0.2, 0) is 6.42 Å². The summed E-state index contributed by atoms with van der Waals surface area (Å²) < 4.78 is 0. The van der Waals surface area contributed by atoms with Crippen LogP contribution >= 0.6 is 23.2 Å². The summed E-state index contributed by atoms with van der Waals surface area (Å²) in [6.07, 6.45) is 0.956. The molecule has 0 saturated carbocycles. The fraction of sp³-hybridized carbons (Fsp3) is 0.133. The molecule has 2 rings (SSSR count). The van der Waals surface area contributed by atoms with Crippen molar-refractivity contribution in [2.75, 3.05) is 11.1 Å². The van der Waals surface area contributed by atoms with E-state index in [-0.39, 0.29) is 21.6 Å². The van der Waals surface area contributed by atoms with E-state index < -0.39 is 0 Å². The Balaban J connectivity index is 2.19. The predicted octanol–water partition coefficient (Wildman–Crippen LogP) is 4.39. The molecule has 0 unspecified atom stereocenters. The van der Waals surface area contributed by atoms with Crippen LogP contribution in [0.2, 0.25) is 10.0 Å². The van der Waals surface area contributed by atoms with Gasteiger partial charge in [0.1, 0.15) is 0 Å². The number of hydrogen-bond donors (Lipinski definition) is 2. The van der Waals surface area contributed by atoms with Crippen LogP contribution in [0, 0.1) is 0 Å². The quantitative estimate of drug-likeness (QED) is 0.826. The highest BCUT2D eigenvalue weighted by Gasteiger charge is 2.11. The van der Waals surface area contributed by atoms with E-state index in [0.29, 0.717) is 5.56 Å². The summed E-state index contributed by atoms with van der Waals surface area (Å²) in [6, 6.07) is 10.7. The Bertz CT molecular complexity index is 616. The number of nitrogen functional groups attached to an aromatic ring is 1. The molecule has 0 spiro atoms. The molecular formula is C15H14Cl2N2O. The lowest BCUT2D eigenvalue weighted by Crippen LogP contribution is -2.12. The van der Waals surface area contributed by atoms with E-state index in [1.165, 1.54) is 17.7 Å². The maximum atomic E-state index is 12.1. The molecule has 0 aliphatic carbocycles. The molecule has 0 radical (unpaired) electrons. The lowest BCUT2D eigenvalue weighted by molar-refractivity contribution is 0.102. The number of carbonyl (C=O) groups excluding carboxylic acids is 1. The number of hydrogen-bond acceptors (Lipinski definition) is 2. The van der Waals surface area contributed by atoms with E-state index in [1.54, 1.807) is 0 Å². The zero-order valence-electron chi connectivity index (χ0n) is 10.9. The van der Waals surface area contributed by atoms with Gasteiger partial charge in [0.15, 0.2) is 0 Å². The van der Waals surface area contributed by atoms with Gasteiger partial charge in [0, 0.05) is 11.3 Å². The van der Waals surface area contributed by atoms with Crippen LogP contribution < -0.4 is 11.1 Å². The van der Waals surface area contributed by atoms with Crippen LogP contribution in [0.3, 0.4) is 0 Å². The minimum absolute atomic E-state index is 0.268. The van der Waals surface area contributed by atoms with Crippen molar-refractivity contribution in [3.8, 4) is 0 Å². The minimum Gasteiger partial charge on any atom is -0.396 e. The molecule has 2 aromatic carbocycles. The predicted molar refractivity (Wildman–Crippen MR) is 84.6 cm³/mol. The van der Waals surface area contributed by atoms with Gasteiger partial charge in [0.25, 0.3) is 5.91 Å². The summed E-state index contributed by atoms with van der Waals surface area (Å²) in [6.45, 7) is 2.08. The highest BCUT2D eigenvalue weighted by Crippen LogP contribution is 2.29. The standard InChI is InChI=1S/C15H14Cl2N2O/c1-2-9-3-5-11(6-4-9)19-15(20)10-7-12(16)14(18)13(17)8-10/h3-8H,2,18H2,1H3,(H,19,20). The lowest BCUT2D eigenvalue weighted by atomic mass is 10.1. The van der Waals surface area contributed by atoms with Gasteiger partial charge in [-0.2, -0.15) is 0 Å². The molecular weight excluding hydrogens is 295 g/mol. The molecule has 20 heavy (non-hydrogen) atoms. The van der Waals surface area contributed by atoms with Crippen molar-refractivity contribution in [2.24, 2.45) is 0 Å². The SMILES string of the molecule is CCc1ccc(NC(=O)c2cc(Cl)c(N)c(Cl)c2)cc1. The van der Waals surface area contributed by atoms with Gasteiger partial charge in [-0.25, -0.2) is 0 Å². The molecule has 1 amide bonds. The van der Waals surface area contributed by atoms with Crippen molar-refractivity contribution >= 4 is 40.5 Å². The summed E-state index contributed by atoms with van der Waals surface area (Å²) in [5.74, 6) is -0.280. The molecule has 0 saturated heterocycles. The van der Waals surface area contributed by atoms with Gasteiger partial charge in [0.05, 0.1) is 15.7 Å². The zero-order chi connectivity index (χ0) is 14.7. The summed E-state index contributed by atoms with van der Waals surface area (Å²) in [4.78, 5) is 12.1. The van der Waals surface area contributed by atoms with Crippen molar-refractivity contribution in [2.45, 2.75) is 13.3 Å². The van der Waals surface area contributed by atoms with Crippen LogP contribution in [0.5, 0.6) is 0 Å². The first-order valence-electron chi connectivity index (χ1n) is 6.16. The molecule has 0 aliphatic heterocycles. The summed E-state index contributed by atoms with van der Waals surface area (Å²) in [7, 11) is 0. The number of aryl methyl sites for hydroxylation is 1. The first kappa shape index (κ1) is 14.7. The number of benzene rings is 2. The Morgan fingerprint density at radius 2 is 1.70 bits per heavy atom. The van der Waals surface area contributed by atoms with E-state index in [1.807, 2.05) is 24.3 Å². The number of anilines is 2. The number of amides is 1. The average Bonchev–Trinajstić information content (AvgIpc) is 2.45. The maximum Gasteiger partial charge on any atom is 0.255 e. The van der Waals surface area contributed by atoms with Gasteiger partial charge in [-0.05, 0) is 36.2 Å². The molecule has 2 aromatic rings. The van der Waals surface area contributed by atoms with Gasteiger partial charge in [0.2, 0.25) is 0 Å².